The van der Waals surface area contributed by atoms with E-state index in [1.165, 1.54) is 6.92 Å². The minimum Gasteiger partial charge on any atom is -0.384 e. The van der Waals surface area contributed by atoms with Crippen molar-refractivity contribution in [2.45, 2.75) is 13.0 Å². The van der Waals surface area contributed by atoms with Crippen LogP contribution in [0.1, 0.15) is 6.92 Å². The van der Waals surface area contributed by atoms with E-state index in [0.29, 0.717) is 0 Å². The van der Waals surface area contributed by atoms with Crippen LogP contribution < -0.4 is 11.1 Å². The third-order valence-corrected chi connectivity index (χ3v) is 0.816. The topological polar surface area (TPSA) is 92.4 Å². The standard InChI is InChI=1S/C5H10N2O3/c1-3(8)5(10)7-2-4(6)9/h3,8H,2H2,1H3,(H2,6,9)(H,7,10)/t3-/m0/s1. The molecule has 0 radical (unpaired) electrons. The lowest BCUT2D eigenvalue weighted by Crippen LogP contribution is -2.38. The van der Waals surface area contributed by atoms with Crippen molar-refractivity contribution in [2.75, 3.05) is 6.54 Å². The maximum Gasteiger partial charge on any atom is 0.248 e. The number of amides is 2. The molecule has 1 atom stereocenters. The second-order valence-electron chi connectivity index (χ2n) is 1.86. The van der Waals surface area contributed by atoms with E-state index in [9.17, 15) is 9.59 Å². The number of aliphatic hydroxyl groups excluding tert-OH is 1. The molecule has 4 N–H and O–H groups in total. The van der Waals surface area contributed by atoms with Gasteiger partial charge in [0, 0.05) is 0 Å². The first kappa shape index (κ1) is 8.90. The van der Waals surface area contributed by atoms with Crippen molar-refractivity contribution >= 4 is 11.8 Å². The van der Waals surface area contributed by atoms with Gasteiger partial charge in [-0.25, -0.2) is 0 Å². The lowest BCUT2D eigenvalue weighted by atomic mass is 10.4. The molecule has 5 heteroatoms. The molecule has 58 valence electrons. The number of nitrogens with two attached hydrogens (primary N) is 1. The Morgan fingerprint density at radius 1 is 1.70 bits per heavy atom. The molecule has 0 aromatic rings. The van der Waals surface area contributed by atoms with Crippen LogP contribution in [0.2, 0.25) is 0 Å². The first-order valence-electron chi connectivity index (χ1n) is 2.78. The number of aliphatic hydroxyl groups is 1. The smallest absolute Gasteiger partial charge is 0.248 e. The summed E-state index contributed by atoms with van der Waals surface area (Å²) < 4.78 is 0. The molecule has 0 aliphatic rings. The van der Waals surface area contributed by atoms with Crippen molar-refractivity contribution in [3.63, 3.8) is 0 Å². The predicted octanol–water partition coefficient (Wildman–Crippen LogP) is -2.03. The van der Waals surface area contributed by atoms with Gasteiger partial charge < -0.3 is 16.2 Å². The summed E-state index contributed by atoms with van der Waals surface area (Å²) in [6, 6.07) is 0. The highest BCUT2D eigenvalue weighted by Gasteiger charge is 2.07. The van der Waals surface area contributed by atoms with E-state index in [2.05, 4.69) is 5.32 Å². The predicted molar refractivity (Wildman–Crippen MR) is 33.9 cm³/mol. The van der Waals surface area contributed by atoms with Gasteiger partial charge in [-0.1, -0.05) is 0 Å². The van der Waals surface area contributed by atoms with Gasteiger partial charge in [-0.15, -0.1) is 0 Å². The molecular formula is C5H10N2O3. The molecule has 0 saturated carbocycles. The van der Waals surface area contributed by atoms with Crippen LogP contribution in [-0.2, 0) is 9.59 Å². The highest BCUT2D eigenvalue weighted by atomic mass is 16.3. The minimum absolute atomic E-state index is 0.232. The van der Waals surface area contributed by atoms with Crippen LogP contribution in [0.3, 0.4) is 0 Å². The van der Waals surface area contributed by atoms with Gasteiger partial charge in [0.2, 0.25) is 11.8 Å². The fraction of sp³-hybridized carbons (Fsp3) is 0.600. The highest BCUT2D eigenvalue weighted by Crippen LogP contribution is 1.76. The molecule has 0 heterocycles. The molecule has 0 unspecified atom stereocenters. The van der Waals surface area contributed by atoms with Gasteiger partial charge in [-0.05, 0) is 6.92 Å². The number of carbonyl (C=O) groups is 2. The molecule has 0 rings (SSSR count). The molecule has 0 bridgehead atoms. The summed E-state index contributed by atoms with van der Waals surface area (Å²) in [5.41, 5.74) is 4.71. The fourth-order valence-corrected chi connectivity index (χ4v) is 0.322. The molecular weight excluding hydrogens is 136 g/mol. The highest BCUT2D eigenvalue weighted by molar-refractivity contribution is 5.85. The lowest BCUT2D eigenvalue weighted by Gasteiger charge is -2.03. The van der Waals surface area contributed by atoms with Gasteiger partial charge in [0.15, 0.2) is 0 Å². The van der Waals surface area contributed by atoms with E-state index in [1.807, 2.05) is 0 Å². The van der Waals surface area contributed by atoms with Gasteiger partial charge in [-0.3, -0.25) is 9.59 Å². The summed E-state index contributed by atoms with van der Waals surface area (Å²) in [4.78, 5) is 20.5. The number of rotatable bonds is 3. The Morgan fingerprint density at radius 2 is 2.20 bits per heavy atom. The summed E-state index contributed by atoms with van der Waals surface area (Å²) in [5.74, 6) is -1.23. The van der Waals surface area contributed by atoms with Gasteiger partial charge in [-0.2, -0.15) is 0 Å². The molecule has 0 aliphatic carbocycles. The fourth-order valence-electron chi connectivity index (χ4n) is 0.322. The molecule has 5 nitrogen and oxygen atoms in total. The second kappa shape index (κ2) is 3.84. The summed E-state index contributed by atoms with van der Waals surface area (Å²) in [5, 5.41) is 10.7. The number of carbonyl (C=O) groups excluding carboxylic acids is 2. The molecule has 10 heavy (non-hydrogen) atoms. The summed E-state index contributed by atoms with van der Waals surface area (Å²) in [7, 11) is 0. The zero-order valence-corrected chi connectivity index (χ0v) is 5.63. The third kappa shape index (κ3) is 3.85. The van der Waals surface area contributed by atoms with Crippen molar-refractivity contribution in [3.8, 4) is 0 Å². The van der Waals surface area contributed by atoms with Crippen LogP contribution in [0.15, 0.2) is 0 Å². The third-order valence-electron chi connectivity index (χ3n) is 0.816. The van der Waals surface area contributed by atoms with Gasteiger partial charge in [0.1, 0.15) is 6.10 Å². The van der Waals surface area contributed by atoms with E-state index in [-0.39, 0.29) is 6.54 Å². The van der Waals surface area contributed by atoms with Crippen LogP contribution in [0.5, 0.6) is 0 Å². The number of nitrogens with one attached hydrogen (secondary N) is 1. The van der Waals surface area contributed by atoms with Crippen molar-refractivity contribution in [3.05, 3.63) is 0 Å². The molecule has 0 aromatic heterocycles. The van der Waals surface area contributed by atoms with E-state index in [1.54, 1.807) is 0 Å². The van der Waals surface area contributed by atoms with Crippen LogP contribution in [-0.4, -0.2) is 29.6 Å². The number of primary amides is 1. The Kier molecular flexibility index (Phi) is 3.42. The van der Waals surface area contributed by atoms with E-state index >= 15 is 0 Å². The summed E-state index contributed by atoms with van der Waals surface area (Å²) in [6.45, 7) is 1.07. The first-order chi connectivity index (χ1) is 4.54. The molecule has 2 amide bonds. The number of hydrogen-bond acceptors (Lipinski definition) is 3. The average Bonchev–Trinajstić information content (AvgIpc) is 1.82. The maximum absolute atomic E-state index is 10.5. The molecule has 0 aromatic carbocycles. The largest absolute Gasteiger partial charge is 0.384 e. The zero-order chi connectivity index (χ0) is 8.15. The Morgan fingerprint density at radius 3 is 2.50 bits per heavy atom. The maximum atomic E-state index is 10.5. The van der Waals surface area contributed by atoms with Gasteiger partial charge in [0.05, 0.1) is 6.54 Å². The van der Waals surface area contributed by atoms with Crippen molar-refractivity contribution in [1.82, 2.24) is 5.32 Å². The van der Waals surface area contributed by atoms with E-state index < -0.39 is 17.9 Å². The lowest BCUT2D eigenvalue weighted by molar-refractivity contribution is -0.130. The first-order valence-corrected chi connectivity index (χ1v) is 2.78. The molecule has 0 fully saturated rings. The second-order valence-corrected chi connectivity index (χ2v) is 1.86. The summed E-state index contributed by atoms with van der Waals surface area (Å²) in [6.07, 6.45) is -1.10. The molecule has 0 spiro atoms. The zero-order valence-electron chi connectivity index (χ0n) is 5.63. The Labute approximate surface area is 58.2 Å². The van der Waals surface area contributed by atoms with Crippen molar-refractivity contribution < 1.29 is 14.7 Å². The van der Waals surface area contributed by atoms with Crippen LogP contribution in [0.25, 0.3) is 0 Å². The summed E-state index contributed by atoms with van der Waals surface area (Å²) >= 11 is 0. The normalized spacial score (nSPS) is 12.2. The average molecular weight is 146 g/mol. The minimum atomic E-state index is -1.10. The Hall–Kier alpha value is -1.10. The van der Waals surface area contributed by atoms with Crippen molar-refractivity contribution in [2.24, 2.45) is 5.73 Å². The Balaban J connectivity index is 3.50. The number of hydrogen-bond donors (Lipinski definition) is 3. The van der Waals surface area contributed by atoms with Crippen LogP contribution in [0.4, 0.5) is 0 Å². The van der Waals surface area contributed by atoms with Crippen LogP contribution in [0, 0.1) is 0 Å². The Bertz CT molecular complexity index is 144. The quantitative estimate of drug-likeness (QED) is 0.428. The van der Waals surface area contributed by atoms with Crippen molar-refractivity contribution in [1.29, 1.82) is 0 Å². The monoisotopic (exact) mass is 146 g/mol. The van der Waals surface area contributed by atoms with Crippen LogP contribution >= 0.6 is 0 Å². The van der Waals surface area contributed by atoms with Gasteiger partial charge >= 0.3 is 0 Å². The van der Waals surface area contributed by atoms with Gasteiger partial charge in [0.25, 0.3) is 0 Å². The molecule has 0 saturated heterocycles. The van der Waals surface area contributed by atoms with E-state index in [4.69, 9.17) is 10.8 Å². The molecule has 0 aliphatic heterocycles. The van der Waals surface area contributed by atoms with E-state index in [0.717, 1.165) is 0 Å². The SMILES string of the molecule is C[C@H](O)C(=O)NCC(N)=O.